The van der Waals surface area contributed by atoms with Crippen molar-refractivity contribution in [3.05, 3.63) is 0 Å². The SMILES string of the molecule is CC(=O)O[C@H]1CC[C@@H](OC(C)=O)[C@H]2COC(=O)[C@@H]21. The summed E-state index contributed by atoms with van der Waals surface area (Å²) in [6.07, 6.45) is 0.295. The van der Waals surface area contributed by atoms with Crippen LogP contribution in [0, 0.1) is 11.8 Å². The summed E-state index contributed by atoms with van der Waals surface area (Å²) in [5, 5.41) is 0. The molecule has 0 bridgehead atoms. The normalized spacial score (nSPS) is 34.4. The Morgan fingerprint density at radius 2 is 1.67 bits per heavy atom. The molecule has 1 aliphatic heterocycles. The number of esters is 3. The first-order chi connectivity index (χ1) is 8.49. The molecule has 1 aliphatic carbocycles. The molecule has 1 saturated heterocycles. The lowest BCUT2D eigenvalue weighted by Gasteiger charge is -2.35. The van der Waals surface area contributed by atoms with Crippen molar-refractivity contribution in [2.45, 2.75) is 38.9 Å². The van der Waals surface area contributed by atoms with Gasteiger partial charge >= 0.3 is 17.9 Å². The van der Waals surface area contributed by atoms with Crippen molar-refractivity contribution in [2.24, 2.45) is 11.8 Å². The molecule has 2 aliphatic rings. The predicted octanol–water partition coefficient (Wildman–Crippen LogP) is 0.433. The summed E-state index contributed by atoms with van der Waals surface area (Å²) in [6.45, 7) is 2.87. The second-order valence-electron chi connectivity index (χ2n) is 4.69. The van der Waals surface area contributed by atoms with E-state index in [1.807, 2.05) is 0 Å². The van der Waals surface area contributed by atoms with Crippen LogP contribution in [0.3, 0.4) is 0 Å². The maximum absolute atomic E-state index is 11.7. The monoisotopic (exact) mass is 256 g/mol. The fraction of sp³-hybridized carbons (Fsp3) is 0.750. The molecule has 0 aromatic carbocycles. The fourth-order valence-corrected chi connectivity index (χ4v) is 2.75. The standard InChI is InChI=1S/C12H16O6/c1-6(13)17-9-3-4-10(18-7(2)14)11-8(9)5-16-12(11)15/h8-11H,3-5H2,1-2H3/t8-,9-,10+,11+/m1/s1. The van der Waals surface area contributed by atoms with Gasteiger partial charge in [-0.15, -0.1) is 0 Å². The van der Waals surface area contributed by atoms with Crippen molar-refractivity contribution in [1.29, 1.82) is 0 Å². The van der Waals surface area contributed by atoms with Crippen molar-refractivity contribution in [3.63, 3.8) is 0 Å². The zero-order chi connectivity index (χ0) is 13.3. The minimum Gasteiger partial charge on any atom is -0.465 e. The van der Waals surface area contributed by atoms with Gasteiger partial charge in [0, 0.05) is 19.8 Å². The summed E-state index contributed by atoms with van der Waals surface area (Å²) < 4.78 is 15.3. The van der Waals surface area contributed by atoms with Crippen LogP contribution in [0.4, 0.5) is 0 Å². The zero-order valence-corrected chi connectivity index (χ0v) is 10.4. The minimum absolute atomic E-state index is 0.209. The number of cyclic esters (lactones) is 1. The third-order valence-electron chi connectivity index (χ3n) is 3.40. The molecule has 0 amide bonds. The number of rotatable bonds is 2. The van der Waals surface area contributed by atoms with Crippen molar-refractivity contribution >= 4 is 17.9 Å². The van der Waals surface area contributed by atoms with Crippen LogP contribution < -0.4 is 0 Å². The molecular formula is C12H16O6. The summed E-state index contributed by atoms with van der Waals surface area (Å²) in [5.74, 6) is -1.87. The van der Waals surface area contributed by atoms with Gasteiger partial charge in [-0.05, 0) is 12.8 Å². The Hall–Kier alpha value is -1.59. The summed E-state index contributed by atoms with van der Waals surface area (Å²) in [4.78, 5) is 33.7. The van der Waals surface area contributed by atoms with Crippen molar-refractivity contribution in [3.8, 4) is 0 Å². The number of ether oxygens (including phenoxy) is 3. The van der Waals surface area contributed by atoms with Crippen molar-refractivity contribution in [1.82, 2.24) is 0 Å². The fourth-order valence-electron chi connectivity index (χ4n) is 2.75. The number of fused-ring (bicyclic) bond motifs is 1. The van der Waals surface area contributed by atoms with E-state index in [9.17, 15) is 14.4 Å². The quantitative estimate of drug-likeness (QED) is 0.526. The number of hydrogen-bond acceptors (Lipinski definition) is 6. The molecule has 1 heterocycles. The van der Waals surface area contributed by atoms with Gasteiger partial charge < -0.3 is 14.2 Å². The highest BCUT2D eigenvalue weighted by Crippen LogP contribution is 2.39. The molecule has 0 aromatic heterocycles. The highest BCUT2D eigenvalue weighted by molar-refractivity contribution is 5.77. The van der Waals surface area contributed by atoms with E-state index in [0.29, 0.717) is 12.8 Å². The molecule has 0 unspecified atom stereocenters. The van der Waals surface area contributed by atoms with Gasteiger partial charge in [-0.3, -0.25) is 14.4 Å². The lowest BCUT2D eigenvalue weighted by atomic mass is 9.77. The molecule has 2 rings (SSSR count). The van der Waals surface area contributed by atoms with E-state index in [1.54, 1.807) is 0 Å². The van der Waals surface area contributed by atoms with Crippen molar-refractivity contribution in [2.75, 3.05) is 6.61 Å². The Morgan fingerprint density at radius 1 is 1.11 bits per heavy atom. The molecule has 6 heteroatoms. The van der Waals surface area contributed by atoms with E-state index in [0.717, 1.165) is 0 Å². The average Bonchev–Trinajstić information content (AvgIpc) is 2.64. The van der Waals surface area contributed by atoms with Crippen LogP contribution in [0.25, 0.3) is 0 Å². The summed E-state index contributed by atoms with van der Waals surface area (Å²) in [7, 11) is 0. The van der Waals surface area contributed by atoms with Gasteiger partial charge in [-0.2, -0.15) is 0 Å². The molecule has 4 atom stereocenters. The van der Waals surface area contributed by atoms with Gasteiger partial charge in [0.15, 0.2) is 0 Å². The van der Waals surface area contributed by atoms with E-state index >= 15 is 0 Å². The van der Waals surface area contributed by atoms with Crippen LogP contribution >= 0.6 is 0 Å². The molecule has 0 aromatic rings. The number of carbonyl (C=O) groups is 3. The van der Waals surface area contributed by atoms with Gasteiger partial charge in [-0.25, -0.2) is 0 Å². The van der Waals surface area contributed by atoms with Gasteiger partial charge in [0.2, 0.25) is 0 Å². The van der Waals surface area contributed by atoms with Gasteiger partial charge in [0.05, 0.1) is 6.61 Å². The van der Waals surface area contributed by atoms with Crippen LogP contribution in [-0.4, -0.2) is 36.7 Å². The summed E-state index contributed by atoms with van der Waals surface area (Å²) >= 11 is 0. The molecule has 0 N–H and O–H groups in total. The van der Waals surface area contributed by atoms with Crippen molar-refractivity contribution < 1.29 is 28.6 Å². The van der Waals surface area contributed by atoms with Crippen LogP contribution in [-0.2, 0) is 28.6 Å². The summed E-state index contributed by atoms with van der Waals surface area (Å²) in [6, 6.07) is 0. The van der Waals surface area contributed by atoms with Crippen LogP contribution in [0.15, 0.2) is 0 Å². The molecule has 2 fully saturated rings. The van der Waals surface area contributed by atoms with E-state index in [4.69, 9.17) is 14.2 Å². The smallest absolute Gasteiger partial charge is 0.313 e. The van der Waals surface area contributed by atoms with E-state index in [2.05, 4.69) is 0 Å². The zero-order valence-electron chi connectivity index (χ0n) is 10.4. The molecule has 1 saturated carbocycles. The van der Waals surface area contributed by atoms with Gasteiger partial charge in [0.1, 0.15) is 18.1 Å². The first-order valence-corrected chi connectivity index (χ1v) is 6.00. The van der Waals surface area contributed by atoms with E-state index in [-0.39, 0.29) is 30.6 Å². The second kappa shape index (κ2) is 4.96. The molecule has 0 radical (unpaired) electrons. The molecular weight excluding hydrogens is 240 g/mol. The molecule has 0 spiro atoms. The predicted molar refractivity (Wildman–Crippen MR) is 58.3 cm³/mol. The molecule has 6 nitrogen and oxygen atoms in total. The topological polar surface area (TPSA) is 78.9 Å². The number of hydrogen-bond donors (Lipinski definition) is 0. The second-order valence-corrected chi connectivity index (χ2v) is 4.69. The maximum atomic E-state index is 11.7. The highest BCUT2D eigenvalue weighted by Gasteiger charge is 2.51. The average molecular weight is 256 g/mol. The largest absolute Gasteiger partial charge is 0.465 e. The Morgan fingerprint density at radius 3 is 2.28 bits per heavy atom. The minimum atomic E-state index is -0.507. The van der Waals surface area contributed by atoms with Crippen LogP contribution in [0.5, 0.6) is 0 Å². The van der Waals surface area contributed by atoms with Gasteiger partial charge in [-0.1, -0.05) is 0 Å². The Bertz CT molecular complexity index is 377. The lowest BCUT2D eigenvalue weighted by molar-refractivity contribution is -0.166. The first-order valence-electron chi connectivity index (χ1n) is 6.00. The van der Waals surface area contributed by atoms with E-state index in [1.165, 1.54) is 13.8 Å². The van der Waals surface area contributed by atoms with Crippen LogP contribution in [0.2, 0.25) is 0 Å². The first kappa shape index (κ1) is 12.9. The third-order valence-corrected chi connectivity index (χ3v) is 3.40. The third kappa shape index (κ3) is 2.47. The highest BCUT2D eigenvalue weighted by atomic mass is 16.6. The van der Waals surface area contributed by atoms with Crippen LogP contribution in [0.1, 0.15) is 26.7 Å². The Labute approximate surface area is 105 Å². The summed E-state index contributed by atoms with van der Waals surface area (Å²) in [5.41, 5.74) is 0. The lowest BCUT2D eigenvalue weighted by Crippen LogP contribution is -2.45. The molecule has 100 valence electrons. The molecule has 18 heavy (non-hydrogen) atoms. The van der Waals surface area contributed by atoms with Gasteiger partial charge in [0.25, 0.3) is 0 Å². The van der Waals surface area contributed by atoms with E-state index < -0.39 is 18.0 Å². The maximum Gasteiger partial charge on any atom is 0.313 e. The Kier molecular flexibility index (Phi) is 3.54. The Balaban J connectivity index is 2.11. The number of carbonyl (C=O) groups excluding carboxylic acids is 3.